The molecule has 112 valence electrons. The summed E-state index contributed by atoms with van der Waals surface area (Å²) in [7, 11) is 0. The topological polar surface area (TPSA) is 0 Å². The van der Waals surface area contributed by atoms with Crippen LogP contribution in [0.4, 0.5) is 0 Å². The summed E-state index contributed by atoms with van der Waals surface area (Å²) in [5, 5.41) is 0. The zero-order valence-electron chi connectivity index (χ0n) is 13.4. The van der Waals surface area contributed by atoms with Gasteiger partial charge in [-0.25, -0.2) is 0 Å². The number of hydrogen-bond acceptors (Lipinski definition) is 0. The van der Waals surface area contributed by atoms with Crippen molar-refractivity contribution in [1.29, 1.82) is 0 Å². The van der Waals surface area contributed by atoms with Crippen LogP contribution >= 0.6 is 0 Å². The molecule has 23 heavy (non-hydrogen) atoms. The molecule has 0 heterocycles. The molecule has 0 nitrogen and oxygen atoms in total. The zero-order chi connectivity index (χ0) is 15.6. The Morgan fingerprint density at radius 3 is 2.39 bits per heavy atom. The van der Waals surface area contributed by atoms with Crippen LogP contribution in [0.15, 0.2) is 66.7 Å². The van der Waals surface area contributed by atoms with Gasteiger partial charge >= 0.3 is 0 Å². The van der Waals surface area contributed by atoms with Gasteiger partial charge in [0.1, 0.15) is 0 Å². The third-order valence-corrected chi connectivity index (χ3v) is 4.73. The smallest absolute Gasteiger partial charge is 0.000751 e. The molecule has 0 spiro atoms. The molecule has 0 N–H and O–H groups in total. The van der Waals surface area contributed by atoms with Gasteiger partial charge in [-0.15, -0.1) is 0 Å². The van der Waals surface area contributed by atoms with E-state index in [1.54, 1.807) is 0 Å². The maximum absolute atomic E-state index is 2.26. The lowest BCUT2D eigenvalue weighted by Crippen LogP contribution is -1.86. The lowest BCUT2D eigenvalue weighted by atomic mass is 10.00. The number of fused-ring (bicyclic) bond motifs is 3. The summed E-state index contributed by atoms with van der Waals surface area (Å²) in [4.78, 5) is 0. The van der Waals surface area contributed by atoms with E-state index in [2.05, 4.69) is 85.8 Å². The predicted octanol–water partition coefficient (Wildman–Crippen LogP) is 5.99. The van der Waals surface area contributed by atoms with E-state index in [0.717, 1.165) is 12.8 Å². The van der Waals surface area contributed by atoms with Crippen molar-refractivity contribution >= 4 is 12.2 Å². The fraction of sp³-hybridized carbons (Fsp3) is 0.130. The second kappa shape index (κ2) is 5.89. The highest BCUT2D eigenvalue weighted by molar-refractivity contribution is 5.83. The lowest BCUT2D eigenvalue weighted by molar-refractivity contribution is 1.14. The van der Waals surface area contributed by atoms with Crippen LogP contribution in [0.2, 0.25) is 0 Å². The zero-order valence-corrected chi connectivity index (χ0v) is 13.4. The van der Waals surface area contributed by atoms with Crippen LogP contribution in [0.3, 0.4) is 0 Å². The molecule has 0 bridgehead atoms. The minimum absolute atomic E-state index is 1.04. The number of rotatable bonds is 3. The third-order valence-electron chi connectivity index (χ3n) is 4.73. The summed E-state index contributed by atoms with van der Waals surface area (Å²) in [6.07, 6.45) is 6.61. The van der Waals surface area contributed by atoms with E-state index in [1.807, 2.05) is 0 Å². The molecule has 1 aliphatic rings. The van der Waals surface area contributed by atoms with Crippen molar-refractivity contribution in [3.05, 3.63) is 94.5 Å². The Morgan fingerprint density at radius 1 is 0.783 bits per heavy atom. The summed E-state index contributed by atoms with van der Waals surface area (Å²) in [5.41, 5.74) is 9.66. The first kappa shape index (κ1) is 14.0. The highest BCUT2D eigenvalue weighted by Gasteiger charge is 2.19. The second-order valence-corrected chi connectivity index (χ2v) is 6.14. The monoisotopic (exact) mass is 296 g/mol. The molecule has 0 fully saturated rings. The summed E-state index contributed by atoms with van der Waals surface area (Å²) in [5.74, 6) is 0. The first-order chi connectivity index (χ1) is 11.3. The van der Waals surface area contributed by atoms with Crippen LogP contribution in [0.5, 0.6) is 0 Å². The van der Waals surface area contributed by atoms with E-state index in [4.69, 9.17) is 0 Å². The maximum atomic E-state index is 2.26. The minimum Gasteiger partial charge on any atom is -0.0619 e. The molecule has 3 aromatic rings. The molecular weight excluding hydrogens is 276 g/mol. The molecule has 4 rings (SSSR count). The Labute approximate surface area is 138 Å². The molecule has 0 saturated carbocycles. The standard InChI is InChI=1S/C23H20/c1-2-17-10-12-18(13-11-17)14-15-19-7-5-9-22-21-8-4-3-6-20(21)16-23(19)22/h3-15H,2,16H2,1H3. The Morgan fingerprint density at radius 2 is 1.57 bits per heavy atom. The SMILES string of the molecule is CCc1ccc(C=Cc2cccc3c2Cc2ccccc2-3)cc1. The van der Waals surface area contributed by atoms with Gasteiger partial charge in [-0.2, -0.15) is 0 Å². The van der Waals surface area contributed by atoms with E-state index in [-0.39, 0.29) is 0 Å². The predicted molar refractivity (Wildman–Crippen MR) is 99.4 cm³/mol. The summed E-state index contributed by atoms with van der Waals surface area (Å²) >= 11 is 0. The Hall–Kier alpha value is -2.60. The molecule has 0 unspecified atom stereocenters. The van der Waals surface area contributed by atoms with Crippen LogP contribution in [-0.2, 0) is 12.8 Å². The van der Waals surface area contributed by atoms with Gasteiger partial charge in [0.2, 0.25) is 0 Å². The quantitative estimate of drug-likeness (QED) is 0.407. The van der Waals surface area contributed by atoms with Gasteiger partial charge in [0.25, 0.3) is 0 Å². The summed E-state index contributed by atoms with van der Waals surface area (Å²) < 4.78 is 0. The number of hydrogen-bond donors (Lipinski definition) is 0. The molecule has 0 heteroatoms. The average Bonchev–Trinajstić information content (AvgIpc) is 3.00. The van der Waals surface area contributed by atoms with Crippen molar-refractivity contribution < 1.29 is 0 Å². The van der Waals surface area contributed by atoms with Crippen LogP contribution in [0.1, 0.15) is 34.7 Å². The van der Waals surface area contributed by atoms with Crippen LogP contribution in [-0.4, -0.2) is 0 Å². The highest BCUT2D eigenvalue weighted by atomic mass is 14.2. The second-order valence-electron chi connectivity index (χ2n) is 6.14. The van der Waals surface area contributed by atoms with Crippen molar-refractivity contribution in [2.45, 2.75) is 19.8 Å². The highest BCUT2D eigenvalue weighted by Crippen LogP contribution is 2.38. The van der Waals surface area contributed by atoms with Gasteiger partial charge in [0.15, 0.2) is 0 Å². The normalized spacial score (nSPS) is 12.4. The molecule has 0 saturated heterocycles. The van der Waals surface area contributed by atoms with Gasteiger partial charge in [-0.3, -0.25) is 0 Å². The average molecular weight is 296 g/mol. The summed E-state index contributed by atoms with van der Waals surface area (Å²) in [6, 6.07) is 24.2. The van der Waals surface area contributed by atoms with Gasteiger partial charge in [0, 0.05) is 0 Å². The largest absolute Gasteiger partial charge is 0.0619 e. The molecule has 3 aromatic carbocycles. The molecule has 1 aliphatic carbocycles. The number of aryl methyl sites for hydroxylation is 1. The maximum Gasteiger partial charge on any atom is -0.000751 e. The van der Waals surface area contributed by atoms with Crippen molar-refractivity contribution in [2.24, 2.45) is 0 Å². The van der Waals surface area contributed by atoms with Crippen LogP contribution < -0.4 is 0 Å². The fourth-order valence-electron chi connectivity index (χ4n) is 3.39. The van der Waals surface area contributed by atoms with E-state index in [1.165, 1.54) is 38.9 Å². The summed E-state index contributed by atoms with van der Waals surface area (Å²) in [6.45, 7) is 2.19. The molecule has 0 atom stereocenters. The Bertz CT molecular complexity index is 867. The lowest BCUT2D eigenvalue weighted by Gasteiger charge is -2.04. The van der Waals surface area contributed by atoms with Crippen molar-refractivity contribution in [1.82, 2.24) is 0 Å². The van der Waals surface area contributed by atoms with E-state index in [0.29, 0.717) is 0 Å². The van der Waals surface area contributed by atoms with Gasteiger partial charge in [0.05, 0.1) is 0 Å². The van der Waals surface area contributed by atoms with E-state index < -0.39 is 0 Å². The Kier molecular flexibility index (Phi) is 3.59. The molecule has 0 aliphatic heterocycles. The Balaban J connectivity index is 1.67. The van der Waals surface area contributed by atoms with Crippen LogP contribution in [0, 0.1) is 0 Å². The molecule has 0 radical (unpaired) electrons. The van der Waals surface area contributed by atoms with E-state index >= 15 is 0 Å². The van der Waals surface area contributed by atoms with Gasteiger partial charge in [-0.1, -0.05) is 85.8 Å². The van der Waals surface area contributed by atoms with Gasteiger partial charge < -0.3 is 0 Å². The molecule has 0 amide bonds. The van der Waals surface area contributed by atoms with Crippen molar-refractivity contribution in [3.63, 3.8) is 0 Å². The van der Waals surface area contributed by atoms with Crippen molar-refractivity contribution in [3.8, 4) is 11.1 Å². The van der Waals surface area contributed by atoms with Crippen LogP contribution in [0.25, 0.3) is 23.3 Å². The van der Waals surface area contributed by atoms with E-state index in [9.17, 15) is 0 Å². The van der Waals surface area contributed by atoms with Gasteiger partial charge in [-0.05, 0) is 51.8 Å². The molecule has 0 aromatic heterocycles. The molecular formula is C23H20. The number of benzene rings is 3. The fourth-order valence-corrected chi connectivity index (χ4v) is 3.39. The third kappa shape index (κ3) is 2.61. The first-order valence-corrected chi connectivity index (χ1v) is 8.32. The van der Waals surface area contributed by atoms with Crippen molar-refractivity contribution in [2.75, 3.05) is 0 Å². The first-order valence-electron chi connectivity index (χ1n) is 8.32. The minimum atomic E-state index is 1.04.